The number of carbonyl (C=O) groups excluding carboxylic acids is 2. The third-order valence-electron chi connectivity index (χ3n) is 4.22. The number of rotatable bonds is 13. The minimum absolute atomic E-state index is 0.124. The zero-order valence-electron chi connectivity index (χ0n) is 16.4. The number of hydrogen-bond acceptors (Lipinski definition) is 5. The molecule has 0 aliphatic heterocycles. The van der Waals surface area contributed by atoms with Gasteiger partial charge in [-0.2, -0.15) is 4.89 Å². The van der Waals surface area contributed by atoms with Crippen molar-refractivity contribution in [3.8, 4) is 0 Å². The van der Waals surface area contributed by atoms with Crippen molar-refractivity contribution in [2.45, 2.75) is 111 Å². The molecule has 0 heterocycles. The van der Waals surface area contributed by atoms with Crippen LogP contribution in [0, 0.1) is 0 Å². The van der Waals surface area contributed by atoms with E-state index in [0.29, 0.717) is 12.8 Å². The van der Waals surface area contributed by atoms with Gasteiger partial charge in [-0.25, -0.2) is 4.79 Å². The first-order valence-corrected chi connectivity index (χ1v) is 9.22. The molecule has 24 heavy (non-hydrogen) atoms. The van der Waals surface area contributed by atoms with Gasteiger partial charge in [0, 0.05) is 12.8 Å². The fraction of sp³-hybridized carbons (Fsp3) is 0.895. The summed E-state index contributed by atoms with van der Waals surface area (Å²) < 4.78 is 5.40. The molecule has 0 saturated heterocycles. The summed E-state index contributed by atoms with van der Waals surface area (Å²) in [7, 11) is 0. The predicted octanol–water partition coefficient (Wildman–Crippen LogP) is 5.11. The highest BCUT2D eigenvalue weighted by Crippen LogP contribution is 2.17. The van der Waals surface area contributed by atoms with Gasteiger partial charge in [-0.05, 0) is 53.4 Å². The number of hydrogen-bond donors (Lipinski definition) is 0. The lowest BCUT2D eigenvalue weighted by Gasteiger charge is -2.23. The molecule has 0 N–H and O–H groups in total. The smallest absolute Gasteiger partial charge is 0.342 e. The molecule has 5 nitrogen and oxygen atoms in total. The summed E-state index contributed by atoms with van der Waals surface area (Å²) >= 11 is 0. The number of carbonyl (C=O) groups is 2. The van der Waals surface area contributed by atoms with Gasteiger partial charge >= 0.3 is 11.9 Å². The van der Waals surface area contributed by atoms with Gasteiger partial charge < -0.3 is 4.74 Å². The molecule has 0 atom stereocenters. The fourth-order valence-electron chi connectivity index (χ4n) is 1.76. The Morgan fingerprint density at radius 2 is 1.17 bits per heavy atom. The number of esters is 1. The maximum atomic E-state index is 11.7. The lowest BCUT2D eigenvalue weighted by atomic mass is 10.1. The maximum Gasteiger partial charge on any atom is 0.342 e. The van der Waals surface area contributed by atoms with Crippen LogP contribution < -0.4 is 0 Å². The predicted molar refractivity (Wildman–Crippen MR) is 94.3 cm³/mol. The van der Waals surface area contributed by atoms with Crippen molar-refractivity contribution in [2.24, 2.45) is 0 Å². The monoisotopic (exact) mass is 344 g/mol. The molecule has 5 heteroatoms. The summed E-state index contributed by atoms with van der Waals surface area (Å²) in [6.07, 6.45) is 6.94. The van der Waals surface area contributed by atoms with Gasteiger partial charge in [-0.1, -0.05) is 33.1 Å². The van der Waals surface area contributed by atoms with Gasteiger partial charge in [0.1, 0.15) is 11.2 Å². The molecule has 0 fully saturated rings. The van der Waals surface area contributed by atoms with Crippen LogP contribution in [0.1, 0.15) is 99.3 Å². The largest absolute Gasteiger partial charge is 0.460 e. The Hall–Kier alpha value is -1.10. The van der Waals surface area contributed by atoms with Crippen molar-refractivity contribution >= 4 is 11.9 Å². The average molecular weight is 344 g/mol. The van der Waals surface area contributed by atoms with Crippen LogP contribution in [0.5, 0.6) is 0 Å². The molecule has 0 aromatic rings. The highest BCUT2D eigenvalue weighted by Gasteiger charge is 2.20. The minimum atomic E-state index is -0.434. The molecule has 0 bridgehead atoms. The van der Waals surface area contributed by atoms with Crippen LogP contribution in [0.4, 0.5) is 0 Å². The van der Waals surface area contributed by atoms with Crippen molar-refractivity contribution in [1.29, 1.82) is 0 Å². The third-order valence-corrected chi connectivity index (χ3v) is 4.22. The Bertz CT molecular complexity index is 374. The van der Waals surface area contributed by atoms with E-state index in [-0.39, 0.29) is 17.5 Å². The average Bonchev–Trinajstić information content (AvgIpc) is 2.51. The number of ether oxygens (including phenoxy) is 1. The summed E-state index contributed by atoms with van der Waals surface area (Å²) in [5, 5.41) is 0. The lowest BCUT2D eigenvalue weighted by molar-refractivity contribution is -0.325. The molecule has 0 spiro atoms. The standard InChI is InChI=1S/C19H36O5/c1-7-18(3,4)22-16(20)14-12-10-9-11-13-15-17(21)23-24-19(5,6)8-2/h7-15H2,1-6H3. The molecule has 0 aliphatic carbocycles. The van der Waals surface area contributed by atoms with E-state index in [9.17, 15) is 9.59 Å². The minimum Gasteiger partial charge on any atom is -0.460 e. The molecule has 142 valence electrons. The van der Waals surface area contributed by atoms with E-state index in [2.05, 4.69) is 0 Å². The van der Waals surface area contributed by atoms with Crippen LogP contribution >= 0.6 is 0 Å². The molecule has 0 unspecified atom stereocenters. The van der Waals surface area contributed by atoms with Crippen molar-refractivity contribution < 1.29 is 24.1 Å². The Morgan fingerprint density at radius 1 is 0.708 bits per heavy atom. The van der Waals surface area contributed by atoms with Crippen LogP contribution in [0.15, 0.2) is 0 Å². The molecule has 0 radical (unpaired) electrons. The Kier molecular flexibility index (Phi) is 10.9. The van der Waals surface area contributed by atoms with Crippen LogP contribution in [0.3, 0.4) is 0 Å². The highest BCUT2D eigenvalue weighted by molar-refractivity contribution is 5.69. The second-order valence-electron chi connectivity index (χ2n) is 7.51. The lowest BCUT2D eigenvalue weighted by Crippen LogP contribution is -2.26. The van der Waals surface area contributed by atoms with E-state index in [4.69, 9.17) is 14.5 Å². The molecular formula is C19H36O5. The summed E-state index contributed by atoms with van der Waals surface area (Å²) in [5.74, 6) is -0.442. The van der Waals surface area contributed by atoms with Gasteiger partial charge in [0.2, 0.25) is 0 Å². The molecular weight excluding hydrogens is 308 g/mol. The van der Waals surface area contributed by atoms with E-state index in [1.54, 1.807) is 0 Å². The Labute approximate surface area is 147 Å². The topological polar surface area (TPSA) is 61.8 Å². The maximum absolute atomic E-state index is 11.7. The Morgan fingerprint density at radius 3 is 1.67 bits per heavy atom. The molecule has 0 amide bonds. The van der Waals surface area contributed by atoms with Crippen molar-refractivity contribution in [3.63, 3.8) is 0 Å². The van der Waals surface area contributed by atoms with Crippen LogP contribution in [0.2, 0.25) is 0 Å². The Balaban J connectivity index is 3.57. The zero-order valence-corrected chi connectivity index (χ0v) is 16.4. The van der Waals surface area contributed by atoms with E-state index < -0.39 is 5.60 Å². The summed E-state index contributed by atoms with van der Waals surface area (Å²) in [5.41, 5.74) is -0.803. The fourth-order valence-corrected chi connectivity index (χ4v) is 1.76. The van der Waals surface area contributed by atoms with E-state index in [1.807, 2.05) is 41.5 Å². The van der Waals surface area contributed by atoms with Gasteiger partial charge in [0.15, 0.2) is 0 Å². The van der Waals surface area contributed by atoms with Crippen LogP contribution in [-0.2, 0) is 24.1 Å². The second kappa shape index (κ2) is 11.5. The van der Waals surface area contributed by atoms with Crippen molar-refractivity contribution in [1.82, 2.24) is 0 Å². The number of unbranched alkanes of at least 4 members (excludes halogenated alkanes) is 4. The van der Waals surface area contributed by atoms with Gasteiger partial charge in [-0.3, -0.25) is 9.68 Å². The zero-order chi connectivity index (χ0) is 18.6. The van der Waals surface area contributed by atoms with Crippen LogP contribution in [-0.4, -0.2) is 23.1 Å². The quantitative estimate of drug-likeness (QED) is 0.201. The van der Waals surface area contributed by atoms with Crippen molar-refractivity contribution in [3.05, 3.63) is 0 Å². The van der Waals surface area contributed by atoms with Gasteiger partial charge in [0.25, 0.3) is 0 Å². The van der Waals surface area contributed by atoms with Gasteiger partial charge in [0.05, 0.1) is 0 Å². The molecule has 0 aliphatic rings. The SMILES string of the molecule is CCC(C)(C)OOC(=O)CCCCCCCC(=O)OC(C)(C)CC. The van der Waals surface area contributed by atoms with E-state index >= 15 is 0 Å². The van der Waals surface area contributed by atoms with Gasteiger partial charge in [-0.15, -0.1) is 0 Å². The normalized spacial score (nSPS) is 12.1. The molecule has 0 aromatic heterocycles. The van der Waals surface area contributed by atoms with E-state index in [1.165, 1.54) is 0 Å². The second-order valence-corrected chi connectivity index (χ2v) is 7.51. The molecule has 0 saturated carbocycles. The summed E-state index contributed by atoms with van der Waals surface area (Å²) in [6.45, 7) is 11.6. The van der Waals surface area contributed by atoms with E-state index in [0.717, 1.165) is 44.9 Å². The third kappa shape index (κ3) is 12.3. The summed E-state index contributed by atoms with van der Waals surface area (Å²) in [6, 6.07) is 0. The first-order chi connectivity index (χ1) is 11.1. The molecule has 0 aromatic carbocycles. The summed E-state index contributed by atoms with van der Waals surface area (Å²) in [4.78, 5) is 33.1. The highest BCUT2D eigenvalue weighted by atomic mass is 17.2. The first kappa shape index (κ1) is 22.9. The first-order valence-electron chi connectivity index (χ1n) is 9.22. The molecule has 0 rings (SSSR count). The van der Waals surface area contributed by atoms with Crippen LogP contribution in [0.25, 0.3) is 0 Å². The van der Waals surface area contributed by atoms with Crippen molar-refractivity contribution in [2.75, 3.05) is 0 Å².